The maximum atomic E-state index is 10.9. The smallest absolute Gasteiger partial charge is 0.243 e. The molecule has 0 bridgehead atoms. The van der Waals surface area contributed by atoms with Crippen molar-refractivity contribution in [1.29, 1.82) is 0 Å². The first-order valence-electron chi connectivity index (χ1n) is 10.6. The molecule has 0 aromatic carbocycles. The van der Waals surface area contributed by atoms with Crippen LogP contribution in [0.15, 0.2) is 0 Å². The van der Waals surface area contributed by atoms with Crippen molar-refractivity contribution in [3.05, 3.63) is 0 Å². The molecule has 0 saturated carbocycles. The van der Waals surface area contributed by atoms with E-state index in [0.717, 1.165) is 24.9 Å². The Morgan fingerprint density at radius 1 is 0.960 bits per heavy atom. The molecule has 0 saturated heterocycles. The Balaban J connectivity index is 4.77. The summed E-state index contributed by atoms with van der Waals surface area (Å²) in [6.07, 6.45) is 10.2. The molecule has 0 fully saturated rings. The SMILES string of the molecule is CCCCC(CC)CN(CC(CC)CCCC)C(C)COCC(N)=O. The summed E-state index contributed by atoms with van der Waals surface area (Å²) in [7, 11) is 0. The van der Waals surface area contributed by atoms with Crippen LogP contribution in [0.5, 0.6) is 0 Å². The Morgan fingerprint density at radius 2 is 1.44 bits per heavy atom. The van der Waals surface area contributed by atoms with E-state index in [-0.39, 0.29) is 12.5 Å². The maximum Gasteiger partial charge on any atom is 0.243 e. The Hall–Kier alpha value is -0.610. The number of unbranched alkanes of at least 4 members (excludes halogenated alkanes) is 2. The lowest BCUT2D eigenvalue weighted by molar-refractivity contribution is -0.123. The molecule has 0 aromatic heterocycles. The van der Waals surface area contributed by atoms with Crippen molar-refractivity contribution in [2.45, 2.75) is 92.0 Å². The summed E-state index contributed by atoms with van der Waals surface area (Å²) in [6, 6.07) is 0.325. The Bertz CT molecular complexity index is 305. The molecule has 1 amide bonds. The first kappa shape index (κ1) is 24.4. The van der Waals surface area contributed by atoms with Gasteiger partial charge in [0.1, 0.15) is 6.61 Å². The molecule has 4 nitrogen and oxygen atoms in total. The van der Waals surface area contributed by atoms with Gasteiger partial charge in [0, 0.05) is 19.1 Å². The summed E-state index contributed by atoms with van der Waals surface area (Å²) in [5.74, 6) is 1.12. The summed E-state index contributed by atoms with van der Waals surface area (Å²) in [6.45, 7) is 14.3. The lowest BCUT2D eigenvalue weighted by Gasteiger charge is -2.35. The van der Waals surface area contributed by atoms with Gasteiger partial charge in [0.2, 0.25) is 5.91 Å². The van der Waals surface area contributed by atoms with Crippen LogP contribution in [0.1, 0.15) is 86.0 Å². The van der Waals surface area contributed by atoms with E-state index in [2.05, 4.69) is 39.5 Å². The molecule has 0 spiro atoms. The van der Waals surface area contributed by atoms with E-state index in [1.807, 2.05) is 0 Å². The van der Waals surface area contributed by atoms with Gasteiger partial charge >= 0.3 is 0 Å². The molecule has 0 aliphatic heterocycles. The maximum absolute atomic E-state index is 10.9. The van der Waals surface area contributed by atoms with Crippen molar-refractivity contribution in [2.75, 3.05) is 26.3 Å². The van der Waals surface area contributed by atoms with E-state index in [1.165, 1.54) is 51.4 Å². The number of ether oxygens (including phenoxy) is 1. The van der Waals surface area contributed by atoms with Gasteiger partial charge in [0.25, 0.3) is 0 Å². The third-order valence-corrected chi connectivity index (χ3v) is 5.30. The minimum atomic E-state index is -0.387. The number of carbonyl (C=O) groups is 1. The van der Waals surface area contributed by atoms with Crippen LogP contribution in [-0.4, -0.2) is 43.2 Å². The molecule has 25 heavy (non-hydrogen) atoms. The number of hydrogen-bond acceptors (Lipinski definition) is 3. The van der Waals surface area contributed by atoms with Crippen molar-refractivity contribution >= 4 is 5.91 Å². The zero-order chi connectivity index (χ0) is 19.1. The largest absolute Gasteiger partial charge is 0.370 e. The highest BCUT2D eigenvalue weighted by Crippen LogP contribution is 2.20. The number of rotatable bonds is 17. The lowest BCUT2D eigenvalue weighted by Crippen LogP contribution is -2.43. The summed E-state index contributed by atoms with van der Waals surface area (Å²) in [4.78, 5) is 13.5. The Kier molecular flexibility index (Phi) is 15.2. The van der Waals surface area contributed by atoms with E-state index in [4.69, 9.17) is 10.5 Å². The molecule has 0 aromatic rings. The minimum absolute atomic E-state index is 0.0261. The molecular weight excluding hydrogens is 312 g/mol. The topological polar surface area (TPSA) is 55.6 Å². The Morgan fingerprint density at radius 3 is 1.80 bits per heavy atom. The molecule has 0 aliphatic rings. The van der Waals surface area contributed by atoms with Gasteiger partial charge < -0.3 is 10.5 Å². The van der Waals surface area contributed by atoms with Crippen molar-refractivity contribution in [3.63, 3.8) is 0 Å². The summed E-state index contributed by atoms with van der Waals surface area (Å²) in [5, 5.41) is 0. The van der Waals surface area contributed by atoms with Gasteiger partial charge in [-0.25, -0.2) is 0 Å². The third-order valence-electron chi connectivity index (χ3n) is 5.30. The molecule has 4 heteroatoms. The molecule has 0 heterocycles. The van der Waals surface area contributed by atoms with Gasteiger partial charge in [-0.05, 0) is 31.6 Å². The second-order valence-electron chi connectivity index (χ2n) is 7.62. The standard InChI is InChI=1S/C21H44N2O2/c1-6-10-12-19(8-3)14-23(15-20(9-4)13-11-7-2)18(5)16-25-17-21(22)24/h18-20H,6-17H2,1-5H3,(H2,22,24). The number of nitrogens with two attached hydrogens (primary N) is 1. The molecule has 0 rings (SSSR count). The molecule has 3 atom stereocenters. The molecule has 2 N–H and O–H groups in total. The van der Waals surface area contributed by atoms with Gasteiger partial charge in [-0.15, -0.1) is 0 Å². The number of amides is 1. The molecule has 0 aliphatic carbocycles. The van der Waals surface area contributed by atoms with Crippen LogP contribution in [0, 0.1) is 11.8 Å². The molecular formula is C21H44N2O2. The van der Waals surface area contributed by atoms with Gasteiger partial charge in [-0.3, -0.25) is 9.69 Å². The van der Waals surface area contributed by atoms with Crippen LogP contribution < -0.4 is 5.73 Å². The zero-order valence-corrected chi connectivity index (χ0v) is 17.6. The third kappa shape index (κ3) is 12.4. The first-order valence-corrected chi connectivity index (χ1v) is 10.6. The predicted molar refractivity (Wildman–Crippen MR) is 108 cm³/mol. The summed E-state index contributed by atoms with van der Waals surface area (Å²) < 4.78 is 5.51. The Labute approximate surface area is 156 Å². The van der Waals surface area contributed by atoms with Gasteiger partial charge in [-0.1, -0.05) is 66.2 Å². The highest BCUT2D eigenvalue weighted by molar-refractivity contribution is 5.74. The van der Waals surface area contributed by atoms with Gasteiger partial charge in [0.05, 0.1) is 6.61 Å². The normalized spacial score (nSPS) is 15.3. The fourth-order valence-corrected chi connectivity index (χ4v) is 3.37. The van der Waals surface area contributed by atoms with E-state index in [0.29, 0.717) is 12.6 Å². The highest BCUT2D eigenvalue weighted by atomic mass is 16.5. The predicted octanol–water partition coefficient (Wildman–Crippen LogP) is 4.61. The average Bonchev–Trinajstić information content (AvgIpc) is 2.59. The van der Waals surface area contributed by atoms with Crippen LogP contribution in [-0.2, 0) is 9.53 Å². The zero-order valence-electron chi connectivity index (χ0n) is 17.6. The van der Waals surface area contributed by atoms with E-state index in [9.17, 15) is 4.79 Å². The quantitative estimate of drug-likeness (QED) is 0.414. The van der Waals surface area contributed by atoms with Crippen molar-refractivity contribution in [2.24, 2.45) is 17.6 Å². The van der Waals surface area contributed by atoms with Gasteiger partial charge in [0.15, 0.2) is 0 Å². The average molecular weight is 357 g/mol. The fraction of sp³-hybridized carbons (Fsp3) is 0.952. The molecule has 150 valence electrons. The van der Waals surface area contributed by atoms with Gasteiger partial charge in [-0.2, -0.15) is 0 Å². The second-order valence-corrected chi connectivity index (χ2v) is 7.62. The lowest BCUT2D eigenvalue weighted by atomic mass is 9.95. The van der Waals surface area contributed by atoms with Crippen LogP contribution in [0.25, 0.3) is 0 Å². The van der Waals surface area contributed by atoms with Crippen LogP contribution in [0.2, 0.25) is 0 Å². The second kappa shape index (κ2) is 15.6. The van der Waals surface area contributed by atoms with E-state index < -0.39 is 0 Å². The van der Waals surface area contributed by atoms with Crippen LogP contribution in [0.3, 0.4) is 0 Å². The highest BCUT2D eigenvalue weighted by Gasteiger charge is 2.21. The monoisotopic (exact) mass is 356 g/mol. The van der Waals surface area contributed by atoms with Crippen molar-refractivity contribution in [3.8, 4) is 0 Å². The van der Waals surface area contributed by atoms with E-state index in [1.54, 1.807) is 0 Å². The number of hydrogen-bond donors (Lipinski definition) is 1. The van der Waals surface area contributed by atoms with Crippen LogP contribution >= 0.6 is 0 Å². The fourth-order valence-electron chi connectivity index (χ4n) is 3.37. The minimum Gasteiger partial charge on any atom is -0.370 e. The first-order chi connectivity index (χ1) is 12.0. The number of primary amides is 1. The molecule has 0 radical (unpaired) electrons. The summed E-state index contributed by atoms with van der Waals surface area (Å²) in [5.41, 5.74) is 5.19. The number of carbonyl (C=O) groups excluding carboxylic acids is 1. The van der Waals surface area contributed by atoms with Crippen molar-refractivity contribution < 1.29 is 9.53 Å². The number of nitrogens with zero attached hydrogens (tertiary/aromatic N) is 1. The molecule has 3 unspecified atom stereocenters. The summed E-state index contributed by atoms with van der Waals surface area (Å²) >= 11 is 0. The van der Waals surface area contributed by atoms with Crippen LogP contribution in [0.4, 0.5) is 0 Å². The van der Waals surface area contributed by atoms with E-state index >= 15 is 0 Å². The van der Waals surface area contributed by atoms with Crippen molar-refractivity contribution in [1.82, 2.24) is 4.90 Å².